The van der Waals surface area contributed by atoms with E-state index in [2.05, 4.69) is 5.32 Å². The van der Waals surface area contributed by atoms with Crippen molar-refractivity contribution in [3.8, 4) is 0 Å². The van der Waals surface area contributed by atoms with Gasteiger partial charge in [0, 0.05) is 10.1 Å². The third-order valence-electron chi connectivity index (χ3n) is 3.15. The number of amides is 1. The molecule has 1 heterocycles. The van der Waals surface area contributed by atoms with Gasteiger partial charge in [-0.1, -0.05) is 41.9 Å². The topological polar surface area (TPSA) is 66.4 Å². The van der Waals surface area contributed by atoms with Gasteiger partial charge >= 0.3 is 5.97 Å². The Morgan fingerprint density at radius 2 is 1.73 bits per heavy atom. The van der Waals surface area contributed by atoms with Gasteiger partial charge in [-0.15, -0.1) is 11.3 Å². The van der Waals surface area contributed by atoms with E-state index < -0.39 is 11.9 Å². The van der Waals surface area contributed by atoms with Gasteiger partial charge in [-0.3, -0.25) is 4.79 Å². The lowest BCUT2D eigenvalue weighted by Crippen LogP contribution is -2.13. The van der Waals surface area contributed by atoms with Crippen LogP contribution in [0.3, 0.4) is 0 Å². The number of para-hydroxylation sites is 1. The molecule has 0 saturated heterocycles. The van der Waals surface area contributed by atoms with E-state index in [1.165, 1.54) is 17.4 Å². The van der Waals surface area contributed by atoms with E-state index in [0.29, 0.717) is 9.90 Å². The van der Waals surface area contributed by atoms with E-state index in [9.17, 15) is 9.59 Å². The SMILES string of the molecule is O=C(O)c1ccccc1NC(=O)c1sc2ccccc2c1Cl. The first-order valence-electron chi connectivity index (χ1n) is 6.38. The normalized spacial score (nSPS) is 10.6. The molecule has 1 amide bonds. The summed E-state index contributed by atoms with van der Waals surface area (Å²) in [6.45, 7) is 0. The lowest BCUT2D eigenvalue weighted by atomic mass is 10.2. The summed E-state index contributed by atoms with van der Waals surface area (Å²) in [6, 6.07) is 13.7. The van der Waals surface area contributed by atoms with Gasteiger partial charge in [0.15, 0.2) is 0 Å². The van der Waals surface area contributed by atoms with Crippen LogP contribution in [0.25, 0.3) is 10.1 Å². The fourth-order valence-electron chi connectivity index (χ4n) is 2.12. The van der Waals surface area contributed by atoms with Crippen molar-refractivity contribution in [1.82, 2.24) is 0 Å². The first-order chi connectivity index (χ1) is 10.6. The predicted octanol–water partition coefficient (Wildman–Crippen LogP) is 4.51. The molecule has 4 nitrogen and oxygen atoms in total. The number of anilines is 1. The van der Waals surface area contributed by atoms with E-state index in [0.717, 1.165) is 10.1 Å². The molecule has 0 fully saturated rings. The van der Waals surface area contributed by atoms with Crippen LogP contribution in [0.15, 0.2) is 48.5 Å². The standard InChI is InChI=1S/C16H10ClNO3S/c17-13-10-6-2-4-8-12(10)22-14(13)15(19)18-11-7-3-1-5-9(11)16(20)21/h1-8H,(H,18,19)(H,20,21). The summed E-state index contributed by atoms with van der Waals surface area (Å²) in [5.74, 6) is -1.52. The lowest BCUT2D eigenvalue weighted by molar-refractivity contribution is 0.0698. The van der Waals surface area contributed by atoms with Crippen molar-refractivity contribution in [3.63, 3.8) is 0 Å². The number of aromatic carboxylic acids is 1. The smallest absolute Gasteiger partial charge is 0.337 e. The molecule has 0 unspecified atom stereocenters. The molecular weight excluding hydrogens is 322 g/mol. The quantitative estimate of drug-likeness (QED) is 0.742. The minimum Gasteiger partial charge on any atom is -0.478 e. The maximum atomic E-state index is 12.4. The van der Waals surface area contributed by atoms with Gasteiger partial charge < -0.3 is 10.4 Å². The molecule has 0 aliphatic rings. The number of fused-ring (bicyclic) bond motifs is 1. The molecule has 0 aliphatic carbocycles. The van der Waals surface area contributed by atoms with Crippen LogP contribution in [0.1, 0.15) is 20.0 Å². The van der Waals surface area contributed by atoms with E-state index in [1.54, 1.807) is 18.2 Å². The Hall–Kier alpha value is -2.37. The number of hydrogen-bond donors (Lipinski definition) is 2. The van der Waals surface area contributed by atoms with E-state index >= 15 is 0 Å². The number of nitrogens with one attached hydrogen (secondary N) is 1. The zero-order valence-electron chi connectivity index (χ0n) is 11.2. The predicted molar refractivity (Wildman–Crippen MR) is 88.2 cm³/mol. The molecule has 2 N–H and O–H groups in total. The molecule has 3 aromatic rings. The average Bonchev–Trinajstić information content (AvgIpc) is 2.85. The number of carbonyl (C=O) groups excluding carboxylic acids is 1. The maximum Gasteiger partial charge on any atom is 0.337 e. The van der Waals surface area contributed by atoms with E-state index in [-0.39, 0.29) is 11.3 Å². The molecule has 6 heteroatoms. The number of carboxylic acid groups (broad SMARTS) is 1. The highest BCUT2D eigenvalue weighted by molar-refractivity contribution is 7.21. The van der Waals surface area contributed by atoms with Crippen molar-refractivity contribution in [3.05, 3.63) is 64.0 Å². The number of hydrogen-bond acceptors (Lipinski definition) is 3. The van der Waals surface area contributed by atoms with Crippen molar-refractivity contribution >= 4 is 50.6 Å². The molecule has 22 heavy (non-hydrogen) atoms. The summed E-state index contributed by atoms with van der Waals surface area (Å²) >= 11 is 7.53. The van der Waals surface area contributed by atoms with Gasteiger partial charge in [-0.05, 0) is 18.2 Å². The van der Waals surface area contributed by atoms with Crippen LogP contribution in [0.2, 0.25) is 5.02 Å². The minimum absolute atomic E-state index is 0.0353. The molecule has 110 valence electrons. The number of carbonyl (C=O) groups is 2. The Balaban J connectivity index is 1.98. The zero-order valence-corrected chi connectivity index (χ0v) is 12.7. The van der Waals surface area contributed by atoms with E-state index in [4.69, 9.17) is 16.7 Å². The van der Waals surface area contributed by atoms with Gasteiger partial charge in [0.2, 0.25) is 0 Å². The Morgan fingerprint density at radius 3 is 2.45 bits per heavy atom. The summed E-state index contributed by atoms with van der Waals surface area (Å²) in [5.41, 5.74) is 0.279. The highest BCUT2D eigenvalue weighted by atomic mass is 35.5. The van der Waals surface area contributed by atoms with Crippen LogP contribution >= 0.6 is 22.9 Å². The number of benzene rings is 2. The Labute approximate surface area is 135 Å². The number of halogens is 1. The summed E-state index contributed by atoms with van der Waals surface area (Å²) in [7, 11) is 0. The first-order valence-corrected chi connectivity index (χ1v) is 7.58. The van der Waals surface area contributed by atoms with Crippen LogP contribution in [-0.2, 0) is 0 Å². The number of thiophene rings is 1. The first kappa shape index (κ1) is 14.6. The van der Waals surface area contributed by atoms with Crippen LogP contribution in [0, 0.1) is 0 Å². The Kier molecular flexibility index (Phi) is 3.83. The molecule has 3 rings (SSSR count). The maximum absolute atomic E-state index is 12.4. The summed E-state index contributed by atoms with van der Waals surface area (Å²) in [6.07, 6.45) is 0. The molecule has 0 atom stereocenters. The van der Waals surface area contributed by atoms with E-state index in [1.807, 2.05) is 24.3 Å². The lowest BCUT2D eigenvalue weighted by Gasteiger charge is -2.07. The second-order valence-electron chi connectivity index (χ2n) is 4.55. The van der Waals surface area contributed by atoms with Crippen LogP contribution in [0.5, 0.6) is 0 Å². The Morgan fingerprint density at radius 1 is 1.05 bits per heavy atom. The molecular formula is C16H10ClNO3S. The van der Waals surface area contributed by atoms with Crippen molar-refractivity contribution < 1.29 is 14.7 Å². The average molecular weight is 332 g/mol. The summed E-state index contributed by atoms with van der Waals surface area (Å²) in [4.78, 5) is 23.9. The molecule has 0 aliphatic heterocycles. The molecule has 0 spiro atoms. The molecule has 0 radical (unpaired) electrons. The molecule has 2 aromatic carbocycles. The molecule has 0 saturated carbocycles. The number of rotatable bonds is 3. The highest BCUT2D eigenvalue weighted by Gasteiger charge is 2.19. The third kappa shape index (κ3) is 2.56. The third-order valence-corrected chi connectivity index (χ3v) is 4.82. The van der Waals surface area contributed by atoms with Crippen LogP contribution in [0.4, 0.5) is 5.69 Å². The Bertz CT molecular complexity index is 888. The fraction of sp³-hybridized carbons (Fsp3) is 0. The molecule has 0 bridgehead atoms. The molecule has 1 aromatic heterocycles. The van der Waals surface area contributed by atoms with Gasteiger partial charge in [0.05, 0.1) is 16.3 Å². The minimum atomic E-state index is -1.10. The zero-order chi connectivity index (χ0) is 15.7. The van der Waals surface area contributed by atoms with Crippen molar-refractivity contribution in [2.24, 2.45) is 0 Å². The van der Waals surface area contributed by atoms with Crippen molar-refractivity contribution in [1.29, 1.82) is 0 Å². The largest absolute Gasteiger partial charge is 0.478 e. The second kappa shape index (κ2) is 5.79. The van der Waals surface area contributed by atoms with Gasteiger partial charge in [-0.2, -0.15) is 0 Å². The second-order valence-corrected chi connectivity index (χ2v) is 5.98. The van der Waals surface area contributed by atoms with Gasteiger partial charge in [-0.25, -0.2) is 4.79 Å². The van der Waals surface area contributed by atoms with Crippen LogP contribution in [-0.4, -0.2) is 17.0 Å². The monoisotopic (exact) mass is 331 g/mol. The van der Waals surface area contributed by atoms with Crippen LogP contribution < -0.4 is 5.32 Å². The number of carboxylic acids is 1. The summed E-state index contributed by atoms with van der Waals surface area (Å²) < 4.78 is 0.907. The van der Waals surface area contributed by atoms with Crippen molar-refractivity contribution in [2.75, 3.05) is 5.32 Å². The summed E-state index contributed by atoms with van der Waals surface area (Å²) in [5, 5.41) is 13.0. The van der Waals surface area contributed by atoms with Gasteiger partial charge in [0.25, 0.3) is 5.91 Å². The highest BCUT2D eigenvalue weighted by Crippen LogP contribution is 2.35. The fourth-order valence-corrected chi connectivity index (χ4v) is 3.53. The van der Waals surface area contributed by atoms with Crippen molar-refractivity contribution in [2.45, 2.75) is 0 Å². The van der Waals surface area contributed by atoms with Gasteiger partial charge in [0.1, 0.15) is 4.88 Å².